The molecule has 0 saturated carbocycles. The summed E-state index contributed by atoms with van der Waals surface area (Å²) in [5.74, 6) is -0.229. The Morgan fingerprint density at radius 1 is 0.871 bits per heavy atom. The number of benzene rings is 3. The van der Waals surface area contributed by atoms with Gasteiger partial charge >= 0.3 is 0 Å². The first-order chi connectivity index (χ1) is 14.8. The lowest BCUT2D eigenvalue weighted by atomic mass is 10.1. The maximum absolute atomic E-state index is 13.5. The summed E-state index contributed by atoms with van der Waals surface area (Å²) in [6.07, 6.45) is 0. The minimum atomic E-state index is -0.402. The number of halogens is 1. The summed E-state index contributed by atoms with van der Waals surface area (Å²) in [6.45, 7) is 7.89. The largest absolute Gasteiger partial charge is 0.319 e. The molecule has 1 amide bonds. The smallest absolute Gasteiger partial charge is 0.295 e. The van der Waals surface area contributed by atoms with E-state index in [1.165, 1.54) is 12.1 Å². The average Bonchev–Trinajstić information content (AvgIpc) is 3.16. The Bertz CT molecular complexity index is 1280. The molecule has 0 aliphatic rings. The van der Waals surface area contributed by atoms with Gasteiger partial charge in [0.15, 0.2) is 5.82 Å². The molecule has 6 heteroatoms. The van der Waals surface area contributed by atoms with Gasteiger partial charge in [0, 0.05) is 11.3 Å². The van der Waals surface area contributed by atoms with Gasteiger partial charge in [-0.05, 0) is 80.8 Å². The molecule has 0 atom stereocenters. The fourth-order valence-corrected chi connectivity index (χ4v) is 3.45. The van der Waals surface area contributed by atoms with Crippen molar-refractivity contribution in [3.63, 3.8) is 0 Å². The van der Waals surface area contributed by atoms with Crippen molar-refractivity contribution in [1.29, 1.82) is 0 Å². The lowest BCUT2D eigenvalue weighted by molar-refractivity contribution is 0.101. The Kier molecular flexibility index (Phi) is 5.38. The third-order valence-electron chi connectivity index (χ3n) is 5.13. The predicted octanol–water partition coefficient (Wildman–Crippen LogP) is 5.56. The molecule has 0 bridgehead atoms. The van der Waals surface area contributed by atoms with Crippen LogP contribution in [0.2, 0.25) is 0 Å². The van der Waals surface area contributed by atoms with Crippen molar-refractivity contribution >= 4 is 11.6 Å². The number of anilines is 1. The second kappa shape index (κ2) is 8.14. The first-order valence-corrected chi connectivity index (χ1v) is 10.0. The second-order valence-corrected chi connectivity index (χ2v) is 7.74. The molecule has 1 heterocycles. The molecule has 0 unspecified atom stereocenters. The van der Waals surface area contributed by atoms with Crippen LogP contribution in [-0.4, -0.2) is 20.7 Å². The Morgan fingerprint density at radius 2 is 1.55 bits per heavy atom. The Hall–Kier alpha value is -3.80. The van der Waals surface area contributed by atoms with Gasteiger partial charge in [-0.25, -0.2) is 14.1 Å². The van der Waals surface area contributed by atoms with Crippen molar-refractivity contribution in [2.24, 2.45) is 0 Å². The highest BCUT2D eigenvalue weighted by Crippen LogP contribution is 2.25. The van der Waals surface area contributed by atoms with Gasteiger partial charge in [0.05, 0.1) is 5.69 Å². The van der Waals surface area contributed by atoms with Gasteiger partial charge in [-0.3, -0.25) is 4.79 Å². The van der Waals surface area contributed by atoms with Gasteiger partial charge in [0.2, 0.25) is 5.82 Å². The van der Waals surface area contributed by atoms with E-state index in [4.69, 9.17) is 0 Å². The summed E-state index contributed by atoms with van der Waals surface area (Å²) in [4.78, 5) is 17.5. The molecule has 1 N–H and O–H groups in total. The first-order valence-electron chi connectivity index (χ1n) is 10.0. The third-order valence-corrected chi connectivity index (χ3v) is 5.13. The molecule has 5 nitrogen and oxygen atoms in total. The van der Waals surface area contributed by atoms with Crippen molar-refractivity contribution in [3.8, 4) is 17.1 Å². The molecule has 31 heavy (non-hydrogen) atoms. The van der Waals surface area contributed by atoms with Crippen LogP contribution in [0, 0.1) is 33.5 Å². The van der Waals surface area contributed by atoms with Crippen LogP contribution in [0.3, 0.4) is 0 Å². The van der Waals surface area contributed by atoms with Crippen molar-refractivity contribution in [2.75, 3.05) is 5.32 Å². The van der Waals surface area contributed by atoms with Crippen LogP contribution in [0.5, 0.6) is 0 Å². The number of hydrogen-bond acceptors (Lipinski definition) is 3. The average molecular weight is 414 g/mol. The fourth-order valence-electron chi connectivity index (χ4n) is 3.45. The van der Waals surface area contributed by atoms with E-state index in [1.54, 1.807) is 16.8 Å². The maximum atomic E-state index is 13.5. The van der Waals surface area contributed by atoms with Crippen molar-refractivity contribution in [3.05, 3.63) is 94.6 Å². The SMILES string of the molecule is Cc1ccc(-n2nc(C(=O)Nc3cc(C)ccc3C)nc2-c2ccc(F)cc2)c(C)c1. The fraction of sp³-hybridized carbons (Fsp3) is 0.160. The molecule has 3 aromatic carbocycles. The molecule has 4 aromatic rings. The van der Waals surface area contributed by atoms with E-state index < -0.39 is 5.91 Å². The van der Waals surface area contributed by atoms with Crippen molar-refractivity contribution in [1.82, 2.24) is 14.8 Å². The molecule has 1 aromatic heterocycles. The quantitative estimate of drug-likeness (QED) is 0.476. The van der Waals surface area contributed by atoms with Crippen molar-refractivity contribution < 1.29 is 9.18 Å². The first kappa shape index (κ1) is 20.5. The van der Waals surface area contributed by atoms with Gasteiger partial charge in [0.1, 0.15) is 5.82 Å². The number of aromatic nitrogens is 3. The minimum Gasteiger partial charge on any atom is -0.319 e. The lowest BCUT2D eigenvalue weighted by Gasteiger charge is -2.10. The number of amides is 1. The van der Waals surface area contributed by atoms with Crippen LogP contribution in [-0.2, 0) is 0 Å². The molecule has 0 aliphatic heterocycles. The lowest BCUT2D eigenvalue weighted by Crippen LogP contribution is -2.15. The molecule has 0 aliphatic carbocycles. The zero-order valence-electron chi connectivity index (χ0n) is 17.9. The summed E-state index contributed by atoms with van der Waals surface area (Å²) in [5.41, 5.74) is 6.31. The zero-order chi connectivity index (χ0) is 22.1. The van der Waals surface area contributed by atoms with Crippen LogP contribution in [0.1, 0.15) is 32.9 Å². The van der Waals surface area contributed by atoms with Crippen molar-refractivity contribution in [2.45, 2.75) is 27.7 Å². The number of nitrogens with zero attached hydrogens (tertiary/aromatic N) is 3. The molecule has 0 radical (unpaired) electrons. The van der Waals surface area contributed by atoms with Gasteiger partial charge < -0.3 is 5.32 Å². The van der Waals surface area contributed by atoms with Crippen LogP contribution < -0.4 is 5.32 Å². The molecule has 0 saturated heterocycles. The van der Waals surface area contributed by atoms with E-state index >= 15 is 0 Å². The van der Waals surface area contributed by atoms with Gasteiger partial charge in [-0.1, -0.05) is 29.8 Å². The normalized spacial score (nSPS) is 10.9. The zero-order valence-corrected chi connectivity index (χ0v) is 17.9. The summed E-state index contributed by atoms with van der Waals surface area (Å²) in [5, 5.41) is 7.42. The predicted molar refractivity (Wildman–Crippen MR) is 120 cm³/mol. The van der Waals surface area contributed by atoms with Gasteiger partial charge in [0.25, 0.3) is 5.91 Å². The number of carbonyl (C=O) groups excluding carboxylic acids is 1. The number of hydrogen-bond donors (Lipinski definition) is 1. The maximum Gasteiger partial charge on any atom is 0.295 e. The molecule has 0 fully saturated rings. The molecular formula is C25H23FN4O. The van der Waals surface area contributed by atoms with Crippen LogP contribution >= 0.6 is 0 Å². The van der Waals surface area contributed by atoms with E-state index in [0.29, 0.717) is 11.4 Å². The number of nitrogens with one attached hydrogen (secondary N) is 1. The number of aryl methyl sites for hydroxylation is 4. The summed E-state index contributed by atoms with van der Waals surface area (Å²) in [7, 11) is 0. The summed E-state index contributed by atoms with van der Waals surface area (Å²) < 4.78 is 15.1. The highest BCUT2D eigenvalue weighted by Gasteiger charge is 2.20. The Morgan fingerprint density at radius 3 is 2.26 bits per heavy atom. The number of rotatable bonds is 4. The Labute approximate surface area is 180 Å². The van der Waals surface area contributed by atoms with Crippen LogP contribution in [0.25, 0.3) is 17.1 Å². The molecule has 156 valence electrons. The van der Waals surface area contributed by atoms with E-state index in [2.05, 4.69) is 15.4 Å². The third kappa shape index (κ3) is 4.23. The highest BCUT2D eigenvalue weighted by atomic mass is 19.1. The second-order valence-electron chi connectivity index (χ2n) is 7.74. The van der Waals surface area contributed by atoms with E-state index in [0.717, 1.165) is 33.6 Å². The highest BCUT2D eigenvalue weighted by molar-refractivity contribution is 6.02. The minimum absolute atomic E-state index is 0.0419. The summed E-state index contributed by atoms with van der Waals surface area (Å²) >= 11 is 0. The number of carbonyl (C=O) groups is 1. The molecule has 4 rings (SSSR count). The topological polar surface area (TPSA) is 59.8 Å². The molecular weight excluding hydrogens is 391 g/mol. The van der Waals surface area contributed by atoms with E-state index in [9.17, 15) is 9.18 Å². The Balaban J connectivity index is 1.80. The monoisotopic (exact) mass is 414 g/mol. The van der Waals surface area contributed by atoms with Gasteiger partial charge in [-0.2, -0.15) is 0 Å². The molecule has 0 spiro atoms. The standard InChI is InChI=1S/C25H23FN4O/c1-15-6-12-22(18(4)13-15)30-24(19-8-10-20(26)11-9-19)28-23(29-30)25(31)27-21-14-16(2)5-7-17(21)3/h5-14H,1-4H3,(H,27,31). The van der Waals surface area contributed by atoms with E-state index in [-0.39, 0.29) is 11.6 Å². The van der Waals surface area contributed by atoms with E-state index in [1.807, 2.05) is 64.1 Å². The van der Waals surface area contributed by atoms with Crippen LogP contribution in [0.4, 0.5) is 10.1 Å². The van der Waals surface area contributed by atoms with Gasteiger partial charge in [-0.15, -0.1) is 5.10 Å². The summed E-state index contributed by atoms with van der Waals surface area (Å²) in [6, 6.07) is 17.8. The van der Waals surface area contributed by atoms with Crippen LogP contribution in [0.15, 0.2) is 60.7 Å².